The lowest BCUT2D eigenvalue weighted by Gasteiger charge is -2.29. The van der Waals surface area contributed by atoms with E-state index in [2.05, 4.69) is 19.1 Å². The molecule has 3 rings (SSSR count). The van der Waals surface area contributed by atoms with Gasteiger partial charge >= 0.3 is 0 Å². The maximum atomic E-state index is 13.9. The summed E-state index contributed by atoms with van der Waals surface area (Å²) in [5, 5.41) is 9.04. The van der Waals surface area contributed by atoms with Gasteiger partial charge < -0.3 is 5.11 Å². The molecule has 0 spiro atoms. The summed E-state index contributed by atoms with van der Waals surface area (Å²) in [6.07, 6.45) is 10.5. The molecule has 0 radical (unpaired) electrons. The fraction of sp³-hybridized carbons (Fsp3) is 0.500. The third-order valence-electron chi connectivity index (χ3n) is 6.08. The summed E-state index contributed by atoms with van der Waals surface area (Å²) < 4.78 is 27.8. The quantitative estimate of drug-likeness (QED) is 0.520. The molecule has 1 fully saturated rings. The highest BCUT2D eigenvalue weighted by molar-refractivity contribution is 5.64. The van der Waals surface area contributed by atoms with Crippen LogP contribution in [0, 0.1) is 17.6 Å². The van der Waals surface area contributed by atoms with E-state index in [1.807, 2.05) is 12.1 Å². The Morgan fingerprint density at radius 1 is 0.889 bits per heavy atom. The lowest BCUT2D eigenvalue weighted by Crippen LogP contribution is -2.13. The van der Waals surface area contributed by atoms with Gasteiger partial charge in [-0.3, -0.25) is 0 Å². The molecule has 1 N–H and O–H groups in total. The predicted octanol–water partition coefficient (Wildman–Crippen LogP) is 6.98. The number of benzene rings is 2. The van der Waals surface area contributed by atoms with Gasteiger partial charge in [-0.2, -0.15) is 0 Å². The molecule has 0 atom stereocenters. The van der Waals surface area contributed by atoms with Gasteiger partial charge in [0.1, 0.15) is 11.6 Å². The molecule has 2 aromatic carbocycles. The maximum absolute atomic E-state index is 13.9. The molecule has 1 aliphatic carbocycles. The number of rotatable bonds is 7. The number of halogens is 2. The smallest absolute Gasteiger partial charge is 0.132 e. The summed E-state index contributed by atoms with van der Waals surface area (Å²) in [6.45, 7) is 1.63. The lowest BCUT2D eigenvalue weighted by atomic mass is 9.77. The van der Waals surface area contributed by atoms with Gasteiger partial charge in [-0.1, -0.05) is 56.9 Å². The van der Waals surface area contributed by atoms with Crippen molar-refractivity contribution in [2.75, 3.05) is 0 Å². The van der Waals surface area contributed by atoms with Gasteiger partial charge in [0.2, 0.25) is 0 Å². The first-order valence-corrected chi connectivity index (χ1v) is 10.3. The van der Waals surface area contributed by atoms with Crippen LogP contribution in [0.5, 0.6) is 0 Å². The normalized spacial score (nSPS) is 20.0. The minimum atomic E-state index is -0.696. The van der Waals surface area contributed by atoms with Gasteiger partial charge in [-0.25, -0.2) is 8.78 Å². The lowest BCUT2D eigenvalue weighted by molar-refractivity contribution is 0.269. The van der Waals surface area contributed by atoms with Crippen LogP contribution < -0.4 is 0 Å². The second-order valence-corrected chi connectivity index (χ2v) is 7.91. The summed E-state index contributed by atoms with van der Waals surface area (Å²) in [5.41, 5.74) is 2.37. The van der Waals surface area contributed by atoms with Crippen LogP contribution >= 0.6 is 0 Å². The van der Waals surface area contributed by atoms with Crippen molar-refractivity contribution >= 4 is 0 Å². The predicted molar refractivity (Wildman–Crippen MR) is 107 cm³/mol. The number of unbranched alkanes of at least 4 members (excludes halogenated alkanes) is 2. The molecule has 27 heavy (non-hydrogen) atoms. The van der Waals surface area contributed by atoms with E-state index in [0.29, 0.717) is 11.5 Å². The first-order chi connectivity index (χ1) is 13.1. The topological polar surface area (TPSA) is 20.2 Å². The van der Waals surface area contributed by atoms with Crippen molar-refractivity contribution in [3.05, 3.63) is 59.2 Å². The number of hydrogen-bond acceptors (Lipinski definition) is 1. The van der Waals surface area contributed by atoms with Crippen molar-refractivity contribution < 1.29 is 13.9 Å². The monoisotopic (exact) mass is 372 g/mol. The van der Waals surface area contributed by atoms with Crippen LogP contribution in [0.3, 0.4) is 0 Å². The standard InChI is InChI=1S/C24H30F2O/c1-2-3-4-5-17-6-8-18(9-7-17)19-10-12-20(13-11-19)21-14-23(25)22(16-27)24(26)15-21/h10-15,17-18,27H,2-9,16H2,1H3. The molecule has 0 bridgehead atoms. The first-order valence-electron chi connectivity index (χ1n) is 10.3. The van der Waals surface area contributed by atoms with E-state index in [9.17, 15) is 8.78 Å². The Morgan fingerprint density at radius 2 is 1.52 bits per heavy atom. The van der Waals surface area contributed by atoms with Crippen LogP contribution in [0.1, 0.15) is 75.3 Å². The largest absolute Gasteiger partial charge is 0.391 e. The Morgan fingerprint density at radius 3 is 2.07 bits per heavy atom. The molecule has 3 heteroatoms. The Balaban J connectivity index is 1.63. The zero-order chi connectivity index (χ0) is 19.2. The van der Waals surface area contributed by atoms with Gasteiger partial charge in [-0.05, 0) is 66.3 Å². The molecule has 0 saturated heterocycles. The van der Waals surface area contributed by atoms with Crippen molar-refractivity contribution in [3.63, 3.8) is 0 Å². The third-order valence-corrected chi connectivity index (χ3v) is 6.08. The van der Waals surface area contributed by atoms with E-state index in [1.54, 1.807) is 0 Å². The molecular weight excluding hydrogens is 342 g/mol. The molecule has 0 aromatic heterocycles. The summed E-state index contributed by atoms with van der Waals surface area (Å²) >= 11 is 0. The van der Waals surface area contributed by atoms with Gasteiger partial charge in [0.15, 0.2) is 0 Å². The molecule has 0 unspecified atom stereocenters. The van der Waals surface area contributed by atoms with E-state index in [4.69, 9.17) is 5.11 Å². The van der Waals surface area contributed by atoms with Gasteiger partial charge in [-0.15, -0.1) is 0 Å². The van der Waals surface area contributed by atoms with Gasteiger partial charge in [0.05, 0.1) is 6.61 Å². The van der Waals surface area contributed by atoms with Crippen molar-refractivity contribution in [2.45, 2.75) is 70.8 Å². The highest BCUT2D eigenvalue weighted by atomic mass is 19.1. The zero-order valence-corrected chi connectivity index (χ0v) is 16.2. The maximum Gasteiger partial charge on any atom is 0.132 e. The van der Waals surface area contributed by atoms with Crippen molar-refractivity contribution in [1.82, 2.24) is 0 Å². The Kier molecular flexibility index (Phi) is 7.01. The van der Waals surface area contributed by atoms with Crippen molar-refractivity contribution in [2.24, 2.45) is 5.92 Å². The SMILES string of the molecule is CCCCCC1CCC(c2ccc(-c3cc(F)c(CO)c(F)c3)cc2)CC1. The molecule has 1 aliphatic rings. The number of hydrogen-bond donors (Lipinski definition) is 1. The van der Waals surface area contributed by atoms with Crippen LogP contribution in [0.25, 0.3) is 11.1 Å². The Labute approximate surface area is 161 Å². The van der Waals surface area contributed by atoms with Crippen LogP contribution in [-0.4, -0.2) is 5.11 Å². The summed E-state index contributed by atoms with van der Waals surface area (Å²) in [4.78, 5) is 0. The molecule has 0 amide bonds. The Hall–Kier alpha value is -1.74. The van der Waals surface area contributed by atoms with E-state index in [0.717, 1.165) is 11.5 Å². The average Bonchev–Trinajstić information content (AvgIpc) is 2.69. The average molecular weight is 372 g/mol. The van der Waals surface area contributed by atoms with E-state index < -0.39 is 18.2 Å². The zero-order valence-electron chi connectivity index (χ0n) is 16.2. The second-order valence-electron chi connectivity index (χ2n) is 7.91. The van der Waals surface area contributed by atoms with Crippen molar-refractivity contribution in [1.29, 1.82) is 0 Å². The molecule has 2 aromatic rings. The van der Waals surface area contributed by atoms with Crippen LogP contribution in [0.4, 0.5) is 8.78 Å². The van der Waals surface area contributed by atoms with Crippen molar-refractivity contribution in [3.8, 4) is 11.1 Å². The van der Waals surface area contributed by atoms with Crippen LogP contribution in [0.15, 0.2) is 36.4 Å². The molecule has 0 heterocycles. The third kappa shape index (κ3) is 4.95. The van der Waals surface area contributed by atoms with E-state index in [-0.39, 0.29) is 5.56 Å². The highest BCUT2D eigenvalue weighted by Gasteiger charge is 2.22. The molecular formula is C24H30F2O. The van der Waals surface area contributed by atoms with Gasteiger partial charge in [0, 0.05) is 5.56 Å². The highest BCUT2D eigenvalue weighted by Crippen LogP contribution is 2.38. The molecule has 1 saturated carbocycles. The molecule has 146 valence electrons. The Bertz CT molecular complexity index is 708. The summed E-state index contributed by atoms with van der Waals surface area (Å²) in [6, 6.07) is 10.7. The van der Waals surface area contributed by atoms with E-state index in [1.165, 1.54) is 69.1 Å². The molecule has 0 aliphatic heterocycles. The van der Waals surface area contributed by atoms with Crippen LogP contribution in [-0.2, 0) is 6.61 Å². The molecule has 1 nitrogen and oxygen atoms in total. The fourth-order valence-corrected chi connectivity index (χ4v) is 4.34. The first kappa shape index (κ1) is 20.0. The fourth-order valence-electron chi connectivity index (χ4n) is 4.34. The van der Waals surface area contributed by atoms with Crippen LogP contribution in [0.2, 0.25) is 0 Å². The van der Waals surface area contributed by atoms with Gasteiger partial charge in [0.25, 0.3) is 0 Å². The summed E-state index contributed by atoms with van der Waals surface area (Å²) in [7, 11) is 0. The van der Waals surface area contributed by atoms with E-state index >= 15 is 0 Å². The summed E-state index contributed by atoms with van der Waals surface area (Å²) in [5.74, 6) is 0.103. The number of aliphatic hydroxyl groups excluding tert-OH is 1. The minimum Gasteiger partial charge on any atom is -0.391 e. The second kappa shape index (κ2) is 9.45. The minimum absolute atomic E-state index is 0.272. The number of aliphatic hydroxyl groups is 1.